The summed E-state index contributed by atoms with van der Waals surface area (Å²) in [6, 6.07) is 10.5. The van der Waals surface area contributed by atoms with E-state index in [-0.39, 0.29) is 0 Å². The zero-order chi connectivity index (χ0) is 12.5. The van der Waals surface area contributed by atoms with Crippen LogP contribution in [0.5, 0.6) is 5.75 Å². The first-order chi connectivity index (χ1) is 8.26. The van der Waals surface area contributed by atoms with Crippen molar-refractivity contribution in [3.05, 3.63) is 30.3 Å². The van der Waals surface area contributed by atoms with Crippen molar-refractivity contribution >= 4 is 0 Å². The molecule has 0 aliphatic rings. The lowest BCUT2D eigenvalue weighted by Gasteiger charge is -2.21. The number of rotatable bonds is 8. The zero-order valence-corrected chi connectivity index (χ0v) is 11.3. The lowest BCUT2D eigenvalue weighted by atomic mass is 10.00. The predicted octanol–water partition coefficient (Wildman–Crippen LogP) is 3.48. The second-order valence-electron chi connectivity index (χ2n) is 4.63. The fourth-order valence-electron chi connectivity index (χ4n) is 1.86. The number of nitrogens with one attached hydrogen (secondary N) is 1. The maximum atomic E-state index is 5.80. The van der Waals surface area contributed by atoms with Gasteiger partial charge in [-0.3, -0.25) is 0 Å². The Labute approximate surface area is 105 Å². The maximum Gasteiger partial charge on any atom is 0.119 e. The highest BCUT2D eigenvalue weighted by atomic mass is 16.5. The van der Waals surface area contributed by atoms with Gasteiger partial charge in [0.15, 0.2) is 0 Å². The van der Waals surface area contributed by atoms with Gasteiger partial charge >= 0.3 is 0 Å². The van der Waals surface area contributed by atoms with Crippen molar-refractivity contribution in [2.75, 3.05) is 13.2 Å². The molecule has 96 valence electrons. The molecule has 0 heterocycles. The zero-order valence-electron chi connectivity index (χ0n) is 11.3. The van der Waals surface area contributed by atoms with Gasteiger partial charge < -0.3 is 10.1 Å². The van der Waals surface area contributed by atoms with E-state index >= 15 is 0 Å². The number of benzene rings is 1. The molecule has 2 atom stereocenters. The van der Waals surface area contributed by atoms with Crippen molar-refractivity contribution in [3.8, 4) is 5.75 Å². The maximum absolute atomic E-state index is 5.80. The van der Waals surface area contributed by atoms with E-state index in [9.17, 15) is 0 Å². The van der Waals surface area contributed by atoms with Gasteiger partial charge in [0.05, 0.1) is 0 Å². The average molecular weight is 235 g/mol. The highest BCUT2D eigenvalue weighted by molar-refractivity contribution is 5.20. The van der Waals surface area contributed by atoms with Crippen LogP contribution in [0.15, 0.2) is 30.3 Å². The third-order valence-electron chi connectivity index (χ3n) is 3.07. The second kappa shape index (κ2) is 8.13. The summed E-state index contributed by atoms with van der Waals surface area (Å²) >= 11 is 0. The molecule has 0 bridgehead atoms. The van der Waals surface area contributed by atoms with Crippen molar-refractivity contribution in [2.45, 2.75) is 39.7 Å². The first kappa shape index (κ1) is 14.0. The van der Waals surface area contributed by atoms with Crippen LogP contribution >= 0.6 is 0 Å². The van der Waals surface area contributed by atoms with Gasteiger partial charge in [-0.2, -0.15) is 0 Å². The number of hydrogen-bond donors (Lipinski definition) is 1. The summed E-state index contributed by atoms with van der Waals surface area (Å²) in [6.07, 6.45) is 2.41. The Hall–Kier alpha value is -1.02. The molecule has 0 saturated carbocycles. The van der Waals surface area contributed by atoms with Crippen molar-refractivity contribution in [2.24, 2.45) is 5.92 Å². The molecule has 0 fully saturated rings. The average Bonchev–Trinajstić information content (AvgIpc) is 2.37. The number of ether oxygens (including phenoxy) is 1. The summed E-state index contributed by atoms with van der Waals surface area (Å²) < 4.78 is 5.80. The molecule has 0 amide bonds. The van der Waals surface area contributed by atoms with Gasteiger partial charge in [0, 0.05) is 6.04 Å². The Kier molecular flexibility index (Phi) is 6.71. The lowest BCUT2D eigenvalue weighted by Crippen LogP contribution is -2.35. The summed E-state index contributed by atoms with van der Waals surface area (Å²) in [6.45, 7) is 8.44. The van der Waals surface area contributed by atoms with E-state index in [1.54, 1.807) is 0 Å². The molecule has 1 aromatic carbocycles. The van der Waals surface area contributed by atoms with Gasteiger partial charge in [0.25, 0.3) is 0 Å². The molecule has 0 radical (unpaired) electrons. The summed E-state index contributed by atoms with van der Waals surface area (Å²) in [5.41, 5.74) is 0. The van der Waals surface area contributed by atoms with Crippen molar-refractivity contribution in [1.82, 2.24) is 5.32 Å². The van der Waals surface area contributed by atoms with E-state index in [0.717, 1.165) is 24.8 Å². The number of para-hydroxylation sites is 1. The molecule has 0 aliphatic heterocycles. The number of hydrogen-bond acceptors (Lipinski definition) is 2. The fraction of sp³-hybridized carbons (Fsp3) is 0.600. The van der Waals surface area contributed by atoms with Crippen LogP contribution in [0, 0.1) is 5.92 Å². The smallest absolute Gasteiger partial charge is 0.119 e. The highest BCUT2D eigenvalue weighted by Gasteiger charge is 2.11. The molecule has 2 unspecified atom stereocenters. The van der Waals surface area contributed by atoms with E-state index in [2.05, 4.69) is 26.1 Å². The molecule has 2 heteroatoms. The van der Waals surface area contributed by atoms with Crippen LogP contribution in [0.2, 0.25) is 0 Å². The van der Waals surface area contributed by atoms with Crippen molar-refractivity contribution in [3.63, 3.8) is 0 Å². The van der Waals surface area contributed by atoms with Crippen LogP contribution in [-0.4, -0.2) is 19.2 Å². The minimum absolute atomic E-state index is 0.454. The third-order valence-corrected chi connectivity index (χ3v) is 3.07. The van der Waals surface area contributed by atoms with E-state index in [1.807, 2.05) is 30.3 Å². The minimum atomic E-state index is 0.454. The summed E-state index contributed by atoms with van der Waals surface area (Å²) in [4.78, 5) is 0. The Balaban J connectivity index is 2.38. The Morgan fingerprint density at radius 3 is 2.47 bits per heavy atom. The molecule has 2 nitrogen and oxygen atoms in total. The van der Waals surface area contributed by atoms with E-state index in [0.29, 0.717) is 6.04 Å². The molecule has 1 N–H and O–H groups in total. The van der Waals surface area contributed by atoms with E-state index in [1.165, 1.54) is 12.8 Å². The van der Waals surface area contributed by atoms with Gasteiger partial charge in [-0.1, -0.05) is 45.4 Å². The standard InChI is InChI=1S/C15H25NO/c1-4-13(3)11-14(16-5-2)12-17-15-9-7-6-8-10-15/h6-10,13-14,16H,4-5,11-12H2,1-3H3. The second-order valence-corrected chi connectivity index (χ2v) is 4.63. The first-order valence-electron chi connectivity index (χ1n) is 6.67. The van der Waals surface area contributed by atoms with Crippen LogP contribution < -0.4 is 10.1 Å². The van der Waals surface area contributed by atoms with Crippen molar-refractivity contribution < 1.29 is 4.74 Å². The quantitative estimate of drug-likeness (QED) is 0.745. The highest BCUT2D eigenvalue weighted by Crippen LogP contribution is 2.13. The van der Waals surface area contributed by atoms with Gasteiger partial charge in [-0.15, -0.1) is 0 Å². The number of likely N-dealkylation sites (N-methyl/N-ethyl adjacent to an activating group) is 1. The predicted molar refractivity (Wildman–Crippen MR) is 73.5 cm³/mol. The normalized spacial score (nSPS) is 14.3. The molecule has 1 aromatic rings. The van der Waals surface area contributed by atoms with E-state index in [4.69, 9.17) is 4.74 Å². The molecule has 17 heavy (non-hydrogen) atoms. The molecule has 0 saturated heterocycles. The first-order valence-corrected chi connectivity index (χ1v) is 6.67. The largest absolute Gasteiger partial charge is 0.492 e. The minimum Gasteiger partial charge on any atom is -0.492 e. The molecule has 0 spiro atoms. The van der Waals surface area contributed by atoms with Gasteiger partial charge in [0.2, 0.25) is 0 Å². The van der Waals surface area contributed by atoms with Gasteiger partial charge in [0.1, 0.15) is 12.4 Å². The Morgan fingerprint density at radius 2 is 1.88 bits per heavy atom. The molecule has 0 aromatic heterocycles. The molecule has 0 aliphatic carbocycles. The Morgan fingerprint density at radius 1 is 1.18 bits per heavy atom. The van der Waals surface area contributed by atoms with Gasteiger partial charge in [-0.05, 0) is 31.0 Å². The van der Waals surface area contributed by atoms with Crippen LogP contribution in [0.1, 0.15) is 33.6 Å². The summed E-state index contributed by atoms with van der Waals surface area (Å²) in [7, 11) is 0. The SMILES string of the molecule is CCNC(COc1ccccc1)CC(C)CC. The van der Waals surface area contributed by atoms with Gasteiger partial charge in [-0.25, -0.2) is 0 Å². The fourth-order valence-corrected chi connectivity index (χ4v) is 1.86. The van der Waals surface area contributed by atoms with Crippen LogP contribution in [-0.2, 0) is 0 Å². The van der Waals surface area contributed by atoms with Crippen LogP contribution in [0.25, 0.3) is 0 Å². The Bertz CT molecular complexity index is 286. The lowest BCUT2D eigenvalue weighted by molar-refractivity contribution is 0.242. The van der Waals surface area contributed by atoms with Crippen LogP contribution in [0.4, 0.5) is 0 Å². The monoisotopic (exact) mass is 235 g/mol. The topological polar surface area (TPSA) is 21.3 Å². The van der Waals surface area contributed by atoms with Crippen molar-refractivity contribution in [1.29, 1.82) is 0 Å². The third kappa shape index (κ3) is 5.73. The summed E-state index contributed by atoms with van der Waals surface area (Å²) in [5, 5.41) is 3.49. The molecule has 1 rings (SSSR count). The summed E-state index contributed by atoms with van der Waals surface area (Å²) in [5.74, 6) is 1.71. The van der Waals surface area contributed by atoms with Crippen LogP contribution in [0.3, 0.4) is 0 Å². The van der Waals surface area contributed by atoms with E-state index < -0.39 is 0 Å². The molecular formula is C15H25NO. The molecular weight excluding hydrogens is 210 g/mol.